The molecule has 0 saturated carbocycles. The van der Waals surface area contributed by atoms with E-state index in [1.807, 2.05) is 42.5 Å². The molecule has 6 heteroatoms. The Morgan fingerprint density at radius 3 is 2.48 bits per heavy atom. The molecule has 1 heterocycles. The van der Waals surface area contributed by atoms with Crippen LogP contribution in [0.3, 0.4) is 0 Å². The molecule has 0 atom stereocenters. The third-order valence-corrected chi connectivity index (χ3v) is 3.81. The van der Waals surface area contributed by atoms with E-state index in [1.54, 1.807) is 31.5 Å². The fourth-order valence-corrected chi connectivity index (χ4v) is 2.45. The van der Waals surface area contributed by atoms with E-state index in [9.17, 15) is 4.79 Å². The van der Waals surface area contributed by atoms with Crippen molar-refractivity contribution in [3.63, 3.8) is 0 Å². The number of carbonyl (C=O) groups is 1. The zero-order valence-corrected chi connectivity index (χ0v) is 15.1. The van der Waals surface area contributed by atoms with Gasteiger partial charge in [0, 0.05) is 18.1 Å². The van der Waals surface area contributed by atoms with Crippen LogP contribution >= 0.6 is 0 Å². The number of nitrogens with zero attached hydrogens (tertiary/aromatic N) is 2. The summed E-state index contributed by atoms with van der Waals surface area (Å²) in [6.07, 6.45) is 3.24. The quantitative estimate of drug-likeness (QED) is 0.613. The summed E-state index contributed by atoms with van der Waals surface area (Å²) in [7, 11) is 0. The lowest BCUT2D eigenvalue weighted by Crippen LogP contribution is -2.08. The van der Waals surface area contributed by atoms with Gasteiger partial charge in [-0.2, -0.15) is 0 Å². The van der Waals surface area contributed by atoms with E-state index >= 15 is 0 Å². The number of ether oxygens (including phenoxy) is 2. The minimum absolute atomic E-state index is 0.324. The maximum absolute atomic E-state index is 11.7. The highest BCUT2D eigenvalue weighted by atomic mass is 16.5. The van der Waals surface area contributed by atoms with E-state index in [2.05, 4.69) is 15.3 Å². The van der Waals surface area contributed by atoms with Crippen molar-refractivity contribution in [1.29, 1.82) is 0 Å². The molecule has 0 fully saturated rings. The van der Waals surface area contributed by atoms with E-state index in [1.165, 1.54) is 0 Å². The first-order valence-corrected chi connectivity index (χ1v) is 8.74. The van der Waals surface area contributed by atoms with Gasteiger partial charge in [0.1, 0.15) is 12.3 Å². The first-order chi connectivity index (χ1) is 13.3. The molecule has 0 aliphatic rings. The maximum atomic E-state index is 11.7. The van der Waals surface area contributed by atoms with E-state index in [0.717, 1.165) is 11.3 Å². The van der Waals surface area contributed by atoms with Gasteiger partial charge in [-0.05, 0) is 36.8 Å². The number of anilines is 1. The van der Waals surface area contributed by atoms with E-state index in [0.29, 0.717) is 36.9 Å². The topological polar surface area (TPSA) is 73.3 Å². The highest BCUT2D eigenvalue weighted by Gasteiger charge is 2.08. The number of hydrogen-bond donors (Lipinski definition) is 1. The molecular formula is C21H21N3O3. The van der Waals surface area contributed by atoms with Gasteiger partial charge < -0.3 is 14.8 Å². The zero-order valence-electron chi connectivity index (χ0n) is 15.1. The van der Waals surface area contributed by atoms with Crippen molar-refractivity contribution >= 4 is 11.7 Å². The van der Waals surface area contributed by atoms with Crippen molar-refractivity contribution < 1.29 is 14.3 Å². The molecule has 0 amide bonds. The zero-order chi connectivity index (χ0) is 18.9. The summed E-state index contributed by atoms with van der Waals surface area (Å²) in [5.41, 5.74) is 3.16. The summed E-state index contributed by atoms with van der Waals surface area (Å²) in [4.78, 5) is 20.3. The van der Waals surface area contributed by atoms with Crippen molar-refractivity contribution in [2.75, 3.05) is 11.9 Å². The lowest BCUT2D eigenvalue weighted by atomic mass is 10.2. The molecule has 2 aromatic carbocycles. The third kappa shape index (κ3) is 5.28. The molecule has 0 radical (unpaired) electrons. The van der Waals surface area contributed by atoms with Gasteiger partial charge in [-0.3, -0.25) is 4.98 Å². The van der Waals surface area contributed by atoms with Crippen molar-refractivity contribution in [2.45, 2.75) is 20.1 Å². The summed E-state index contributed by atoms with van der Waals surface area (Å²) in [6, 6.07) is 17.0. The summed E-state index contributed by atoms with van der Waals surface area (Å²) < 4.78 is 10.8. The molecule has 0 spiro atoms. The second kappa shape index (κ2) is 9.33. The number of rotatable bonds is 8. The van der Waals surface area contributed by atoms with Crippen molar-refractivity contribution in [1.82, 2.24) is 9.97 Å². The Morgan fingerprint density at radius 2 is 1.74 bits per heavy atom. The summed E-state index contributed by atoms with van der Waals surface area (Å²) in [5.74, 6) is 0.173. The Morgan fingerprint density at radius 1 is 1.00 bits per heavy atom. The van der Waals surface area contributed by atoms with Crippen LogP contribution in [0.1, 0.15) is 28.5 Å². The molecule has 0 aliphatic heterocycles. The Bertz CT molecular complexity index is 867. The number of aromatic nitrogens is 2. The van der Waals surface area contributed by atoms with Gasteiger partial charge in [0.2, 0.25) is 5.88 Å². The molecule has 0 bridgehead atoms. The monoisotopic (exact) mass is 363 g/mol. The second-order valence-corrected chi connectivity index (χ2v) is 5.73. The van der Waals surface area contributed by atoms with Crippen LogP contribution in [0.5, 0.6) is 5.88 Å². The molecule has 0 saturated heterocycles. The highest BCUT2D eigenvalue weighted by molar-refractivity contribution is 5.89. The van der Waals surface area contributed by atoms with Crippen LogP contribution < -0.4 is 10.1 Å². The van der Waals surface area contributed by atoms with Crippen molar-refractivity contribution in [2.24, 2.45) is 0 Å². The van der Waals surface area contributed by atoms with E-state index < -0.39 is 0 Å². The number of nitrogens with one attached hydrogen (secondary N) is 1. The van der Waals surface area contributed by atoms with Gasteiger partial charge in [0.25, 0.3) is 0 Å². The number of carbonyl (C=O) groups excluding carboxylic acids is 1. The van der Waals surface area contributed by atoms with Gasteiger partial charge in [-0.25, -0.2) is 9.78 Å². The Hall–Kier alpha value is -3.41. The van der Waals surface area contributed by atoms with Crippen LogP contribution in [0.15, 0.2) is 67.0 Å². The normalized spacial score (nSPS) is 10.3. The van der Waals surface area contributed by atoms with Crippen LogP contribution in [-0.4, -0.2) is 22.5 Å². The average molecular weight is 363 g/mol. The molecule has 1 N–H and O–H groups in total. The van der Waals surface area contributed by atoms with Crippen molar-refractivity contribution in [3.8, 4) is 5.88 Å². The molecular weight excluding hydrogens is 342 g/mol. The van der Waals surface area contributed by atoms with Gasteiger partial charge in [0.05, 0.1) is 18.7 Å². The molecule has 27 heavy (non-hydrogen) atoms. The van der Waals surface area contributed by atoms with Crippen LogP contribution in [0, 0.1) is 0 Å². The Kier molecular flexibility index (Phi) is 6.35. The third-order valence-electron chi connectivity index (χ3n) is 3.81. The SMILES string of the molecule is CCOC(=O)c1ccc(NCc2nccnc2OCc2ccccc2)cc1. The van der Waals surface area contributed by atoms with Crippen molar-refractivity contribution in [3.05, 3.63) is 83.8 Å². The summed E-state index contributed by atoms with van der Waals surface area (Å²) >= 11 is 0. The van der Waals surface area contributed by atoms with Gasteiger partial charge in [0.15, 0.2) is 0 Å². The lowest BCUT2D eigenvalue weighted by molar-refractivity contribution is 0.0526. The average Bonchev–Trinajstić information content (AvgIpc) is 2.72. The molecule has 3 aromatic rings. The first kappa shape index (κ1) is 18.4. The van der Waals surface area contributed by atoms with Crippen LogP contribution in [0.4, 0.5) is 5.69 Å². The standard InChI is InChI=1S/C21H21N3O3/c1-2-26-21(25)17-8-10-18(11-9-17)24-14-19-20(23-13-12-22-19)27-15-16-6-4-3-5-7-16/h3-13,24H,2,14-15H2,1H3. The van der Waals surface area contributed by atoms with Crippen LogP contribution in [0.25, 0.3) is 0 Å². The minimum Gasteiger partial charge on any atom is -0.471 e. The molecule has 0 unspecified atom stereocenters. The van der Waals surface area contributed by atoms with Gasteiger partial charge in [-0.15, -0.1) is 0 Å². The molecule has 6 nitrogen and oxygen atoms in total. The number of esters is 1. The molecule has 3 rings (SSSR count). The maximum Gasteiger partial charge on any atom is 0.338 e. The summed E-state index contributed by atoms with van der Waals surface area (Å²) in [6.45, 7) is 3.03. The van der Waals surface area contributed by atoms with Crippen LogP contribution in [0.2, 0.25) is 0 Å². The largest absolute Gasteiger partial charge is 0.471 e. The van der Waals surface area contributed by atoms with Gasteiger partial charge in [-0.1, -0.05) is 30.3 Å². The second-order valence-electron chi connectivity index (χ2n) is 5.73. The predicted molar refractivity (Wildman–Crippen MR) is 103 cm³/mol. The Balaban J connectivity index is 1.60. The van der Waals surface area contributed by atoms with Gasteiger partial charge >= 0.3 is 5.97 Å². The van der Waals surface area contributed by atoms with E-state index in [4.69, 9.17) is 9.47 Å². The minimum atomic E-state index is -0.324. The molecule has 138 valence electrons. The molecule has 1 aromatic heterocycles. The fourth-order valence-electron chi connectivity index (χ4n) is 2.45. The predicted octanol–water partition coefficient (Wildman–Crippen LogP) is 3.84. The Labute approximate surface area is 158 Å². The molecule has 0 aliphatic carbocycles. The number of benzene rings is 2. The highest BCUT2D eigenvalue weighted by Crippen LogP contribution is 2.17. The lowest BCUT2D eigenvalue weighted by Gasteiger charge is -2.11. The first-order valence-electron chi connectivity index (χ1n) is 8.74. The van der Waals surface area contributed by atoms with Crippen LogP contribution in [-0.2, 0) is 17.9 Å². The number of hydrogen-bond acceptors (Lipinski definition) is 6. The smallest absolute Gasteiger partial charge is 0.338 e. The van der Waals surface area contributed by atoms with E-state index in [-0.39, 0.29) is 5.97 Å². The summed E-state index contributed by atoms with van der Waals surface area (Å²) in [5, 5.41) is 3.26. The fraction of sp³-hybridized carbons (Fsp3) is 0.190.